The summed E-state index contributed by atoms with van der Waals surface area (Å²) in [5.41, 5.74) is 3.25. The van der Waals surface area contributed by atoms with Gasteiger partial charge in [0.25, 0.3) is 5.91 Å². The van der Waals surface area contributed by atoms with Crippen LogP contribution in [-0.2, 0) is 16.6 Å². The minimum atomic E-state index is -0.467. The van der Waals surface area contributed by atoms with Gasteiger partial charge in [-0.3, -0.25) is 9.69 Å². The summed E-state index contributed by atoms with van der Waals surface area (Å²) >= 11 is 0. The lowest BCUT2D eigenvalue weighted by molar-refractivity contribution is -0.117. The highest BCUT2D eigenvalue weighted by atomic mass is 16.2. The van der Waals surface area contributed by atoms with Crippen molar-refractivity contribution in [1.29, 1.82) is 0 Å². The van der Waals surface area contributed by atoms with Crippen LogP contribution in [0, 0.1) is 6.92 Å². The summed E-state index contributed by atoms with van der Waals surface area (Å²) in [7, 11) is 0. The molecule has 6 heteroatoms. The van der Waals surface area contributed by atoms with Crippen molar-refractivity contribution in [2.45, 2.75) is 45.6 Å². The molecule has 128 valence electrons. The number of nitrogens with zero attached hydrogens (tertiary/aromatic N) is 4. The van der Waals surface area contributed by atoms with Crippen LogP contribution >= 0.6 is 0 Å². The molecular formula is C19H20N4O2. The second-order valence-electron chi connectivity index (χ2n) is 7.63. The fraction of sp³-hybridized carbons (Fsp3) is 0.368. The average molecular weight is 336 g/mol. The van der Waals surface area contributed by atoms with Crippen molar-refractivity contribution in [3.05, 3.63) is 47.5 Å². The van der Waals surface area contributed by atoms with Crippen LogP contribution in [0.4, 0.5) is 16.2 Å². The summed E-state index contributed by atoms with van der Waals surface area (Å²) in [6.07, 6.45) is 3.68. The van der Waals surface area contributed by atoms with Gasteiger partial charge in [-0.15, -0.1) is 0 Å². The van der Waals surface area contributed by atoms with E-state index >= 15 is 0 Å². The Morgan fingerprint density at radius 3 is 2.44 bits per heavy atom. The first-order valence-corrected chi connectivity index (χ1v) is 8.37. The first-order chi connectivity index (χ1) is 11.8. The van der Waals surface area contributed by atoms with E-state index < -0.39 is 6.04 Å². The van der Waals surface area contributed by atoms with E-state index in [4.69, 9.17) is 0 Å². The van der Waals surface area contributed by atoms with Crippen LogP contribution in [0.5, 0.6) is 0 Å². The molecule has 1 saturated heterocycles. The number of aromatic nitrogens is 2. The Balaban J connectivity index is 1.70. The van der Waals surface area contributed by atoms with Crippen molar-refractivity contribution in [3.8, 4) is 0 Å². The van der Waals surface area contributed by atoms with Crippen LogP contribution in [0.3, 0.4) is 0 Å². The number of carbonyl (C=O) groups is 2. The second-order valence-corrected chi connectivity index (χ2v) is 7.63. The van der Waals surface area contributed by atoms with E-state index in [-0.39, 0.29) is 17.4 Å². The fourth-order valence-corrected chi connectivity index (χ4v) is 3.48. The number of fused-ring (bicyclic) bond motifs is 3. The van der Waals surface area contributed by atoms with Crippen molar-refractivity contribution in [1.82, 2.24) is 9.97 Å². The Morgan fingerprint density at radius 2 is 1.80 bits per heavy atom. The first-order valence-electron chi connectivity index (χ1n) is 8.37. The predicted molar refractivity (Wildman–Crippen MR) is 94.8 cm³/mol. The van der Waals surface area contributed by atoms with Crippen LogP contribution < -0.4 is 9.80 Å². The van der Waals surface area contributed by atoms with E-state index in [9.17, 15) is 9.59 Å². The largest absolute Gasteiger partial charge is 0.336 e. The molecule has 0 bridgehead atoms. The molecular weight excluding hydrogens is 316 g/mol. The van der Waals surface area contributed by atoms with Crippen LogP contribution in [0.2, 0.25) is 0 Å². The number of imide groups is 1. The molecule has 1 unspecified atom stereocenters. The highest BCUT2D eigenvalue weighted by Gasteiger charge is 2.51. The number of aryl methyl sites for hydroxylation is 1. The van der Waals surface area contributed by atoms with Gasteiger partial charge in [0.2, 0.25) is 0 Å². The standard InChI is InChI=1S/C19H20N4O2/c1-11-6-5-7-14-13(11)8-15-16(24)22(18(25)23(14)15)12-9-20-17(21-10-12)19(2,3)4/h5-7,9-10,15H,8H2,1-4H3. The zero-order chi connectivity index (χ0) is 17.9. The third-order valence-corrected chi connectivity index (χ3v) is 4.82. The van der Waals surface area contributed by atoms with Gasteiger partial charge in [0.1, 0.15) is 11.9 Å². The van der Waals surface area contributed by atoms with Crippen LogP contribution in [0.25, 0.3) is 0 Å². The number of hydrogen-bond acceptors (Lipinski definition) is 4. The Morgan fingerprint density at radius 1 is 1.12 bits per heavy atom. The molecule has 0 radical (unpaired) electrons. The average Bonchev–Trinajstić information content (AvgIpc) is 3.05. The molecule has 2 aromatic rings. The van der Waals surface area contributed by atoms with Gasteiger partial charge in [0.15, 0.2) is 0 Å². The number of rotatable bonds is 1. The van der Waals surface area contributed by atoms with Gasteiger partial charge < -0.3 is 0 Å². The molecule has 2 aliphatic heterocycles. The zero-order valence-electron chi connectivity index (χ0n) is 14.8. The fourth-order valence-electron chi connectivity index (χ4n) is 3.48. The lowest BCUT2D eigenvalue weighted by Crippen LogP contribution is -2.33. The minimum Gasteiger partial charge on any atom is -0.281 e. The zero-order valence-corrected chi connectivity index (χ0v) is 14.8. The normalized spacial score (nSPS) is 19.4. The molecule has 4 rings (SSSR count). The third kappa shape index (κ3) is 2.24. The molecule has 0 N–H and O–H groups in total. The third-order valence-electron chi connectivity index (χ3n) is 4.82. The van der Waals surface area contributed by atoms with E-state index in [2.05, 4.69) is 9.97 Å². The maximum absolute atomic E-state index is 12.9. The molecule has 1 aromatic carbocycles. The van der Waals surface area contributed by atoms with Crippen molar-refractivity contribution >= 4 is 23.3 Å². The lowest BCUT2D eigenvalue weighted by atomic mass is 9.96. The van der Waals surface area contributed by atoms with E-state index in [1.54, 1.807) is 17.3 Å². The highest BCUT2D eigenvalue weighted by molar-refractivity contribution is 6.29. The molecule has 25 heavy (non-hydrogen) atoms. The summed E-state index contributed by atoms with van der Waals surface area (Å²) in [5.74, 6) is 0.463. The molecule has 1 fully saturated rings. The monoisotopic (exact) mass is 336 g/mol. The van der Waals surface area contributed by atoms with Crippen molar-refractivity contribution in [3.63, 3.8) is 0 Å². The Kier molecular flexibility index (Phi) is 3.22. The van der Waals surface area contributed by atoms with E-state index in [0.29, 0.717) is 17.9 Å². The van der Waals surface area contributed by atoms with Gasteiger partial charge in [-0.05, 0) is 24.1 Å². The predicted octanol–water partition coefficient (Wildman–Crippen LogP) is 2.98. The van der Waals surface area contributed by atoms with E-state index in [0.717, 1.165) is 16.8 Å². The molecule has 0 aliphatic carbocycles. The number of anilines is 2. The van der Waals surface area contributed by atoms with Crippen molar-refractivity contribution in [2.75, 3.05) is 9.80 Å². The highest BCUT2D eigenvalue weighted by Crippen LogP contribution is 2.40. The maximum Gasteiger partial charge on any atom is 0.336 e. The van der Waals surface area contributed by atoms with Crippen molar-refractivity contribution in [2.24, 2.45) is 0 Å². The topological polar surface area (TPSA) is 66.4 Å². The number of carbonyl (C=O) groups excluding carboxylic acids is 2. The van der Waals surface area contributed by atoms with Gasteiger partial charge in [0, 0.05) is 17.5 Å². The molecule has 0 spiro atoms. The number of benzene rings is 1. The molecule has 3 heterocycles. The minimum absolute atomic E-state index is 0.186. The molecule has 3 amide bonds. The van der Waals surface area contributed by atoms with E-state index in [1.165, 1.54) is 4.90 Å². The Bertz CT molecular complexity index is 883. The quantitative estimate of drug-likeness (QED) is 0.751. The van der Waals surface area contributed by atoms with Gasteiger partial charge in [-0.25, -0.2) is 19.7 Å². The smallest absolute Gasteiger partial charge is 0.281 e. The molecule has 1 atom stereocenters. The number of amides is 3. The number of urea groups is 1. The van der Waals surface area contributed by atoms with Crippen molar-refractivity contribution < 1.29 is 9.59 Å². The first kappa shape index (κ1) is 15.7. The summed E-state index contributed by atoms with van der Waals surface area (Å²) in [6.45, 7) is 8.06. The molecule has 2 aliphatic rings. The Hall–Kier alpha value is -2.76. The summed E-state index contributed by atoms with van der Waals surface area (Å²) < 4.78 is 0. The Labute approximate surface area is 146 Å². The lowest BCUT2D eigenvalue weighted by Gasteiger charge is -2.19. The number of hydrogen-bond donors (Lipinski definition) is 0. The molecule has 6 nitrogen and oxygen atoms in total. The summed E-state index contributed by atoms with van der Waals surface area (Å²) in [6, 6.07) is 5.03. The van der Waals surface area contributed by atoms with E-state index in [1.807, 2.05) is 45.9 Å². The molecule has 1 aromatic heterocycles. The SMILES string of the molecule is Cc1cccc2c1CC1C(=O)N(c3cnc(C(C)(C)C)nc3)C(=O)N21. The maximum atomic E-state index is 12.9. The van der Waals surface area contributed by atoms with Crippen LogP contribution in [-0.4, -0.2) is 27.9 Å². The van der Waals surface area contributed by atoms with Crippen LogP contribution in [0.15, 0.2) is 30.6 Å². The van der Waals surface area contributed by atoms with Gasteiger partial charge in [-0.1, -0.05) is 32.9 Å². The van der Waals surface area contributed by atoms with Gasteiger partial charge >= 0.3 is 6.03 Å². The molecule has 0 saturated carbocycles. The summed E-state index contributed by atoms with van der Waals surface area (Å²) in [4.78, 5) is 37.3. The second kappa shape index (κ2) is 5.12. The van der Waals surface area contributed by atoms with Gasteiger partial charge in [0.05, 0.1) is 18.1 Å². The van der Waals surface area contributed by atoms with Gasteiger partial charge in [-0.2, -0.15) is 0 Å². The summed E-state index contributed by atoms with van der Waals surface area (Å²) in [5, 5.41) is 0. The van der Waals surface area contributed by atoms with Crippen LogP contribution in [0.1, 0.15) is 37.7 Å².